The van der Waals surface area contributed by atoms with E-state index in [0.29, 0.717) is 22.6 Å². The van der Waals surface area contributed by atoms with Crippen LogP contribution in [-0.4, -0.2) is 29.3 Å². The molecular formula is C20H18N4O4. The van der Waals surface area contributed by atoms with Crippen LogP contribution in [0, 0.1) is 0 Å². The smallest absolute Gasteiger partial charge is 0.271 e. The highest BCUT2D eigenvalue weighted by Crippen LogP contribution is 2.39. The largest absolute Gasteiger partial charge is 0.326 e. The van der Waals surface area contributed by atoms with Gasteiger partial charge in [0, 0.05) is 31.1 Å². The highest BCUT2D eigenvalue weighted by molar-refractivity contribution is 6.18. The molecule has 2 aliphatic rings. The summed E-state index contributed by atoms with van der Waals surface area (Å²) in [6.07, 6.45) is 0.317. The lowest BCUT2D eigenvalue weighted by molar-refractivity contribution is -0.124. The number of anilines is 3. The van der Waals surface area contributed by atoms with E-state index in [9.17, 15) is 19.2 Å². The highest BCUT2D eigenvalue weighted by Gasteiger charge is 2.56. The number of carbonyl (C=O) groups excluding carboxylic acids is 4. The van der Waals surface area contributed by atoms with E-state index in [1.54, 1.807) is 48.5 Å². The average Bonchev–Trinajstić information content (AvgIpc) is 2.99. The minimum atomic E-state index is -1.48. The zero-order valence-electron chi connectivity index (χ0n) is 15.1. The molecular weight excluding hydrogens is 360 g/mol. The van der Waals surface area contributed by atoms with Crippen molar-refractivity contribution < 1.29 is 19.2 Å². The van der Waals surface area contributed by atoms with Crippen LogP contribution < -0.4 is 20.9 Å². The lowest BCUT2D eigenvalue weighted by atomic mass is 9.98. The summed E-state index contributed by atoms with van der Waals surface area (Å²) in [5.74, 6) is -1.37. The Morgan fingerprint density at radius 2 is 1.75 bits per heavy atom. The van der Waals surface area contributed by atoms with Crippen LogP contribution in [0.3, 0.4) is 0 Å². The van der Waals surface area contributed by atoms with Crippen molar-refractivity contribution in [3.63, 3.8) is 0 Å². The molecule has 0 aromatic heterocycles. The fourth-order valence-corrected chi connectivity index (χ4v) is 3.68. The minimum Gasteiger partial charge on any atom is -0.326 e. The third kappa shape index (κ3) is 2.79. The third-order valence-electron chi connectivity index (χ3n) is 4.86. The second-order valence-electron chi connectivity index (χ2n) is 6.78. The number of benzene rings is 2. The maximum absolute atomic E-state index is 13.2. The van der Waals surface area contributed by atoms with Gasteiger partial charge in [0.05, 0.1) is 11.3 Å². The van der Waals surface area contributed by atoms with Crippen molar-refractivity contribution in [3.05, 3.63) is 54.1 Å². The van der Waals surface area contributed by atoms with Gasteiger partial charge in [0.25, 0.3) is 11.8 Å². The quantitative estimate of drug-likeness (QED) is 0.757. The number of amides is 4. The van der Waals surface area contributed by atoms with Crippen LogP contribution in [0.1, 0.15) is 30.1 Å². The SMILES string of the molecule is CC(=O)Nc1cccc(NC(=O)[C@]23CCC(=O)N2c2ccccc2C(=O)N3)c1. The Morgan fingerprint density at radius 3 is 2.50 bits per heavy atom. The molecule has 2 aromatic rings. The summed E-state index contributed by atoms with van der Waals surface area (Å²) in [6.45, 7) is 1.39. The van der Waals surface area contributed by atoms with Gasteiger partial charge in [-0.15, -0.1) is 0 Å². The monoisotopic (exact) mass is 378 g/mol. The Morgan fingerprint density at radius 1 is 1.04 bits per heavy atom. The van der Waals surface area contributed by atoms with Crippen molar-refractivity contribution in [2.75, 3.05) is 15.5 Å². The Bertz CT molecular complexity index is 1020. The number of hydrogen-bond acceptors (Lipinski definition) is 4. The van der Waals surface area contributed by atoms with Gasteiger partial charge < -0.3 is 16.0 Å². The van der Waals surface area contributed by atoms with Crippen molar-refractivity contribution in [1.82, 2.24) is 5.32 Å². The number of carbonyl (C=O) groups is 4. The molecule has 0 saturated carbocycles. The van der Waals surface area contributed by atoms with Crippen LogP contribution in [0.2, 0.25) is 0 Å². The van der Waals surface area contributed by atoms with E-state index in [1.165, 1.54) is 11.8 Å². The summed E-state index contributed by atoms with van der Waals surface area (Å²) < 4.78 is 0. The fraction of sp³-hybridized carbons (Fsp3) is 0.200. The Hall–Kier alpha value is -3.68. The third-order valence-corrected chi connectivity index (χ3v) is 4.86. The first-order valence-electron chi connectivity index (χ1n) is 8.84. The first-order chi connectivity index (χ1) is 13.4. The van der Waals surface area contributed by atoms with Crippen molar-refractivity contribution >= 4 is 40.7 Å². The van der Waals surface area contributed by atoms with Gasteiger partial charge in [-0.1, -0.05) is 18.2 Å². The van der Waals surface area contributed by atoms with E-state index in [-0.39, 0.29) is 24.7 Å². The van der Waals surface area contributed by atoms with Gasteiger partial charge in [0.1, 0.15) is 0 Å². The predicted molar refractivity (Wildman–Crippen MR) is 103 cm³/mol. The van der Waals surface area contributed by atoms with E-state index in [0.717, 1.165) is 0 Å². The van der Waals surface area contributed by atoms with Crippen LogP contribution in [0.25, 0.3) is 0 Å². The van der Waals surface area contributed by atoms with Gasteiger partial charge in [-0.2, -0.15) is 0 Å². The van der Waals surface area contributed by atoms with Crippen LogP contribution >= 0.6 is 0 Å². The number of hydrogen-bond donors (Lipinski definition) is 3. The van der Waals surface area contributed by atoms with E-state index >= 15 is 0 Å². The fourth-order valence-electron chi connectivity index (χ4n) is 3.68. The van der Waals surface area contributed by atoms with Gasteiger partial charge in [0.2, 0.25) is 17.5 Å². The molecule has 2 aliphatic heterocycles. The highest BCUT2D eigenvalue weighted by atomic mass is 16.2. The first kappa shape index (κ1) is 17.7. The van der Waals surface area contributed by atoms with Crippen LogP contribution in [0.4, 0.5) is 17.1 Å². The molecule has 4 rings (SSSR count). The topological polar surface area (TPSA) is 108 Å². The normalized spacial score (nSPS) is 20.1. The second kappa shape index (κ2) is 6.49. The molecule has 1 atom stereocenters. The van der Waals surface area contributed by atoms with Gasteiger partial charge in [0.15, 0.2) is 0 Å². The van der Waals surface area contributed by atoms with Gasteiger partial charge in [-0.3, -0.25) is 24.1 Å². The standard InChI is InChI=1S/C20H18N4O4/c1-12(25)21-13-5-4-6-14(11-13)22-19(28)20-10-9-17(26)24(20)16-8-3-2-7-15(16)18(27)23-20/h2-8,11H,9-10H2,1H3,(H,21,25)(H,22,28)(H,23,27)/t20-/m0/s1. The summed E-state index contributed by atoms with van der Waals surface area (Å²) in [6, 6.07) is 13.4. The summed E-state index contributed by atoms with van der Waals surface area (Å²) in [4.78, 5) is 51.0. The summed E-state index contributed by atoms with van der Waals surface area (Å²) in [7, 11) is 0. The number of nitrogens with zero attached hydrogens (tertiary/aromatic N) is 1. The molecule has 0 spiro atoms. The Balaban J connectivity index is 1.68. The van der Waals surface area contributed by atoms with Crippen molar-refractivity contribution in [2.45, 2.75) is 25.4 Å². The predicted octanol–water partition coefficient (Wildman–Crippen LogP) is 1.85. The molecule has 1 saturated heterocycles. The second-order valence-corrected chi connectivity index (χ2v) is 6.78. The number of fused-ring (bicyclic) bond motifs is 3. The molecule has 3 N–H and O–H groups in total. The van der Waals surface area contributed by atoms with Crippen LogP contribution in [0.5, 0.6) is 0 Å². The molecule has 0 aliphatic carbocycles. The van der Waals surface area contributed by atoms with Crippen molar-refractivity contribution in [2.24, 2.45) is 0 Å². The zero-order valence-corrected chi connectivity index (χ0v) is 15.1. The molecule has 4 amide bonds. The van der Waals surface area contributed by atoms with E-state index in [4.69, 9.17) is 0 Å². The summed E-state index contributed by atoms with van der Waals surface area (Å²) in [5.41, 5.74) is 0.273. The van der Waals surface area contributed by atoms with E-state index in [1.807, 2.05) is 0 Å². The molecule has 1 fully saturated rings. The van der Waals surface area contributed by atoms with Gasteiger partial charge >= 0.3 is 0 Å². The zero-order chi connectivity index (χ0) is 19.9. The lowest BCUT2D eigenvalue weighted by Crippen LogP contribution is -2.68. The molecule has 0 bridgehead atoms. The van der Waals surface area contributed by atoms with Gasteiger partial charge in [-0.25, -0.2) is 0 Å². The molecule has 2 aromatic carbocycles. The molecule has 8 heteroatoms. The van der Waals surface area contributed by atoms with Crippen LogP contribution in [-0.2, 0) is 14.4 Å². The number of rotatable bonds is 3. The van der Waals surface area contributed by atoms with Crippen molar-refractivity contribution in [3.8, 4) is 0 Å². The Kier molecular flexibility index (Phi) is 4.11. The lowest BCUT2D eigenvalue weighted by Gasteiger charge is -2.41. The Labute approximate surface area is 160 Å². The van der Waals surface area contributed by atoms with Crippen molar-refractivity contribution in [1.29, 1.82) is 0 Å². The maximum atomic E-state index is 13.2. The molecule has 0 radical (unpaired) electrons. The summed E-state index contributed by atoms with van der Waals surface area (Å²) in [5, 5.41) is 8.14. The summed E-state index contributed by atoms with van der Waals surface area (Å²) >= 11 is 0. The molecule has 0 unspecified atom stereocenters. The number of nitrogens with one attached hydrogen (secondary N) is 3. The molecule has 28 heavy (non-hydrogen) atoms. The maximum Gasteiger partial charge on any atom is 0.271 e. The minimum absolute atomic E-state index is 0.147. The molecule has 8 nitrogen and oxygen atoms in total. The van der Waals surface area contributed by atoms with E-state index in [2.05, 4.69) is 16.0 Å². The average molecular weight is 378 g/mol. The first-order valence-corrected chi connectivity index (χ1v) is 8.84. The van der Waals surface area contributed by atoms with E-state index < -0.39 is 17.5 Å². The molecule has 142 valence electrons. The van der Waals surface area contributed by atoms with Gasteiger partial charge in [-0.05, 0) is 30.3 Å². The van der Waals surface area contributed by atoms with Crippen LogP contribution in [0.15, 0.2) is 48.5 Å². The molecule has 2 heterocycles. The number of para-hydroxylation sites is 1.